The highest BCUT2D eigenvalue weighted by atomic mass is 32.2. The molecule has 1 unspecified atom stereocenters. The summed E-state index contributed by atoms with van der Waals surface area (Å²) in [5, 5.41) is 8.77. The Kier molecular flexibility index (Phi) is 4.19. The van der Waals surface area contributed by atoms with Crippen molar-refractivity contribution in [2.45, 2.75) is 37.9 Å². The second kappa shape index (κ2) is 4.99. The summed E-state index contributed by atoms with van der Waals surface area (Å²) >= 11 is 0.751. The van der Waals surface area contributed by atoms with E-state index in [0.717, 1.165) is 11.3 Å². The Labute approximate surface area is 111 Å². The minimum absolute atomic E-state index is 0.0128. The number of thiophene rings is 1. The first-order valence-electron chi connectivity index (χ1n) is 5.39. The molecule has 0 aliphatic rings. The van der Waals surface area contributed by atoms with Crippen LogP contribution in [0.4, 0.5) is 0 Å². The summed E-state index contributed by atoms with van der Waals surface area (Å²) in [4.78, 5) is 10.7. The van der Waals surface area contributed by atoms with E-state index in [4.69, 9.17) is 5.11 Å². The van der Waals surface area contributed by atoms with E-state index in [1.54, 1.807) is 6.92 Å². The maximum absolute atomic E-state index is 12.0. The molecule has 0 aliphatic carbocycles. The van der Waals surface area contributed by atoms with Gasteiger partial charge in [-0.1, -0.05) is 20.8 Å². The van der Waals surface area contributed by atoms with Crippen molar-refractivity contribution in [3.05, 3.63) is 17.0 Å². The summed E-state index contributed by atoms with van der Waals surface area (Å²) in [5.74, 6) is -1.12. The van der Waals surface area contributed by atoms with Crippen LogP contribution in [0.3, 0.4) is 0 Å². The van der Waals surface area contributed by atoms with Crippen LogP contribution in [-0.4, -0.2) is 25.5 Å². The average molecular weight is 291 g/mol. The SMILES string of the molecule is CC(NS(=O)(=O)c1ccc(C(=O)O)s1)C(C)(C)C. The summed E-state index contributed by atoms with van der Waals surface area (Å²) in [6.45, 7) is 7.56. The van der Waals surface area contributed by atoms with Crippen LogP contribution in [0.1, 0.15) is 37.4 Å². The first-order valence-corrected chi connectivity index (χ1v) is 7.69. The topological polar surface area (TPSA) is 83.5 Å². The van der Waals surface area contributed by atoms with Crippen molar-refractivity contribution in [3.63, 3.8) is 0 Å². The lowest BCUT2D eigenvalue weighted by Crippen LogP contribution is -2.41. The van der Waals surface area contributed by atoms with Gasteiger partial charge in [0.15, 0.2) is 0 Å². The van der Waals surface area contributed by atoms with Gasteiger partial charge in [0.05, 0.1) is 0 Å². The van der Waals surface area contributed by atoms with Crippen LogP contribution in [0.5, 0.6) is 0 Å². The molecule has 0 radical (unpaired) electrons. The van der Waals surface area contributed by atoms with Crippen molar-refractivity contribution < 1.29 is 18.3 Å². The Morgan fingerprint density at radius 1 is 1.39 bits per heavy atom. The molecule has 1 aromatic rings. The third-order valence-electron chi connectivity index (χ3n) is 2.69. The number of aromatic carboxylic acids is 1. The van der Waals surface area contributed by atoms with Gasteiger partial charge in [-0.05, 0) is 24.5 Å². The Hall–Kier alpha value is -0.920. The van der Waals surface area contributed by atoms with E-state index in [0.29, 0.717) is 0 Å². The van der Waals surface area contributed by atoms with Gasteiger partial charge in [-0.25, -0.2) is 17.9 Å². The summed E-state index contributed by atoms with van der Waals surface area (Å²) in [7, 11) is -3.65. The number of carboxylic acid groups (broad SMARTS) is 1. The number of rotatable bonds is 4. The van der Waals surface area contributed by atoms with Gasteiger partial charge < -0.3 is 5.11 Å². The molecule has 1 aromatic heterocycles. The Morgan fingerprint density at radius 3 is 2.33 bits per heavy atom. The van der Waals surface area contributed by atoms with Gasteiger partial charge in [0.25, 0.3) is 0 Å². The highest BCUT2D eigenvalue weighted by molar-refractivity contribution is 7.91. The molecule has 0 aliphatic heterocycles. The highest BCUT2D eigenvalue weighted by Crippen LogP contribution is 2.24. The van der Waals surface area contributed by atoms with Crippen molar-refractivity contribution in [3.8, 4) is 0 Å². The van der Waals surface area contributed by atoms with Crippen LogP contribution in [-0.2, 0) is 10.0 Å². The van der Waals surface area contributed by atoms with Crippen molar-refractivity contribution in [1.82, 2.24) is 4.72 Å². The van der Waals surface area contributed by atoms with Crippen molar-refractivity contribution in [2.24, 2.45) is 5.41 Å². The van der Waals surface area contributed by atoms with Gasteiger partial charge in [-0.2, -0.15) is 0 Å². The van der Waals surface area contributed by atoms with Gasteiger partial charge in [0.1, 0.15) is 9.09 Å². The highest BCUT2D eigenvalue weighted by Gasteiger charge is 2.27. The summed E-state index contributed by atoms with van der Waals surface area (Å²) in [5.41, 5.74) is -0.208. The van der Waals surface area contributed by atoms with Gasteiger partial charge in [0.2, 0.25) is 10.0 Å². The van der Waals surface area contributed by atoms with E-state index in [-0.39, 0.29) is 20.5 Å². The smallest absolute Gasteiger partial charge is 0.345 e. The van der Waals surface area contributed by atoms with Crippen molar-refractivity contribution >= 4 is 27.3 Å². The molecule has 1 heterocycles. The van der Waals surface area contributed by atoms with E-state index in [1.807, 2.05) is 20.8 Å². The Morgan fingerprint density at radius 2 is 1.94 bits per heavy atom. The summed E-state index contributed by atoms with van der Waals surface area (Å²) in [6, 6.07) is 2.35. The van der Waals surface area contributed by atoms with Crippen molar-refractivity contribution in [2.75, 3.05) is 0 Å². The normalized spacial score (nSPS) is 14.4. The predicted octanol–water partition coefficient (Wildman–Crippen LogP) is 2.16. The fourth-order valence-corrected chi connectivity index (χ4v) is 3.66. The largest absolute Gasteiger partial charge is 0.477 e. The quantitative estimate of drug-likeness (QED) is 0.890. The molecule has 0 spiro atoms. The fraction of sp³-hybridized carbons (Fsp3) is 0.545. The standard InChI is InChI=1S/C11H17NO4S2/c1-7(11(2,3)4)12-18(15,16)9-6-5-8(17-9)10(13)14/h5-7,12H,1-4H3,(H,13,14). The van der Waals surface area contributed by atoms with Crippen LogP contribution in [0.15, 0.2) is 16.3 Å². The number of carbonyl (C=O) groups is 1. The van der Waals surface area contributed by atoms with Crippen LogP contribution >= 0.6 is 11.3 Å². The van der Waals surface area contributed by atoms with Crippen LogP contribution in [0.2, 0.25) is 0 Å². The Bertz CT molecular complexity index is 540. The summed E-state index contributed by atoms with van der Waals surface area (Å²) < 4.78 is 26.6. The molecule has 18 heavy (non-hydrogen) atoms. The van der Waals surface area contributed by atoms with Gasteiger partial charge in [-0.3, -0.25) is 0 Å². The number of hydrogen-bond acceptors (Lipinski definition) is 4. The molecule has 1 atom stereocenters. The third kappa shape index (κ3) is 3.54. The maximum atomic E-state index is 12.0. The van der Waals surface area contributed by atoms with Gasteiger partial charge in [0, 0.05) is 6.04 Å². The molecule has 5 nitrogen and oxygen atoms in total. The predicted molar refractivity (Wildman–Crippen MR) is 70.5 cm³/mol. The van der Waals surface area contributed by atoms with E-state index < -0.39 is 16.0 Å². The van der Waals surface area contributed by atoms with Gasteiger partial charge >= 0.3 is 5.97 Å². The monoisotopic (exact) mass is 291 g/mol. The lowest BCUT2D eigenvalue weighted by atomic mass is 9.89. The van der Waals surface area contributed by atoms with Crippen LogP contribution < -0.4 is 4.72 Å². The number of carboxylic acids is 1. The van der Waals surface area contributed by atoms with E-state index >= 15 is 0 Å². The average Bonchev–Trinajstić information content (AvgIpc) is 2.64. The van der Waals surface area contributed by atoms with E-state index in [9.17, 15) is 13.2 Å². The molecule has 0 aromatic carbocycles. The molecular formula is C11H17NO4S2. The number of nitrogens with one attached hydrogen (secondary N) is 1. The first-order chi connectivity index (χ1) is 8.04. The maximum Gasteiger partial charge on any atom is 0.345 e. The molecule has 102 valence electrons. The molecule has 0 saturated heterocycles. The molecule has 0 fully saturated rings. The molecular weight excluding hydrogens is 274 g/mol. The molecule has 2 N–H and O–H groups in total. The Balaban J connectivity index is 2.96. The number of hydrogen-bond donors (Lipinski definition) is 2. The molecule has 7 heteroatoms. The fourth-order valence-electron chi connectivity index (χ4n) is 1.05. The zero-order chi connectivity index (χ0) is 14.1. The minimum Gasteiger partial charge on any atom is -0.477 e. The van der Waals surface area contributed by atoms with E-state index in [1.165, 1.54) is 12.1 Å². The summed E-state index contributed by atoms with van der Waals surface area (Å²) in [6.07, 6.45) is 0. The molecule has 1 rings (SSSR count). The first kappa shape index (κ1) is 15.1. The number of sulfonamides is 1. The van der Waals surface area contributed by atoms with E-state index in [2.05, 4.69) is 4.72 Å². The second-order valence-electron chi connectivity index (χ2n) is 5.13. The second-order valence-corrected chi connectivity index (χ2v) is 8.16. The zero-order valence-electron chi connectivity index (χ0n) is 10.7. The minimum atomic E-state index is -3.65. The lowest BCUT2D eigenvalue weighted by Gasteiger charge is -2.27. The lowest BCUT2D eigenvalue weighted by molar-refractivity contribution is 0.0702. The van der Waals surface area contributed by atoms with Crippen LogP contribution in [0.25, 0.3) is 0 Å². The van der Waals surface area contributed by atoms with Crippen molar-refractivity contribution in [1.29, 1.82) is 0 Å². The van der Waals surface area contributed by atoms with Gasteiger partial charge in [-0.15, -0.1) is 11.3 Å². The molecule has 0 bridgehead atoms. The zero-order valence-corrected chi connectivity index (χ0v) is 12.4. The molecule has 0 amide bonds. The molecule has 0 saturated carbocycles. The van der Waals surface area contributed by atoms with Crippen LogP contribution in [0, 0.1) is 5.41 Å². The third-order valence-corrected chi connectivity index (χ3v) is 5.79.